The average molecular weight is 829 g/mol. The number of esters is 5. The van der Waals surface area contributed by atoms with Crippen molar-refractivity contribution in [2.24, 2.45) is 23.7 Å². The van der Waals surface area contributed by atoms with Gasteiger partial charge in [0, 0.05) is 60.5 Å². The summed E-state index contributed by atoms with van der Waals surface area (Å²) in [7, 11) is 0. The van der Waals surface area contributed by atoms with Crippen molar-refractivity contribution in [3.8, 4) is 0 Å². The zero-order chi connectivity index (χ0) is 44.2. The summed E-state index contributed by atoms with van der Waals surface area (Å²) in [5.74, 6) is -4.23. The standard InChI is InChI=1S/C42H72N2O14/c1-27(14-10-11-15-28(2)17-13-19-30(4)21-23-38(51)52)16-12-18-29(3)20-22-37(50)43-24-25-44-42(53)41(58-35(9)49)40(57-34(8)48)39(56-33(7)47)36(55-32(6)46)26-54-31(5)45/h27-30,36,39-41H,10-26H2,1-9H3,(H,43,50)(H,44,53)(H,51,52)/t27?,28?,29?,30?,36-,39-,40+,41-/m1/s1. The molecule has 0 aromatic heterocycles. The van der Waals surface area contributed by atoms with Crippen LogP contribution in [-0.2, 0) is 62.0 Å². The summed E-state index contributed by atoms with van der Waals surface area (Å²) in [5.41, 5.74) is 0. The summed E-state index contributed by atoms with van der Waals surface area (Å²) < 4.78 is 25.9. The largest absolute Gasteiger partial charge is 0.481 e. The number of carbonyl (C=O) groups is 8. The van der Waals surface area contributed by atoms with E-state index in [1.807, 2.05) is 0 Å². The summed E-state index contributed by atoms with van der Waals surface area (Å²) >= 11 is 0. The molecule has 0 rings (SSSR count). The minimum absolute atomic E-state index is 0.0317. The summed E-state index contributed by atoms with van der Waals surface area (Å²) in [6.45, 7) is 13.3. The maximum atomic E-state index is 13.4. The Kier molecular flexibility index (Phi) is 28.5. The van der Waals surface area contributed by atoms with E-state index >= 15 is 0 Å². The Balaban J connectivity index is 4.85. The predicted molar refractivity (Wildman–Crippen MR) is 214 cm³/mol. The van der Waals surface area contributed by atoms with Crippen LogP contribution < -0.4 is 10.6 Å². The monoisotopic (exact) mass is 828 g/mol. The second kappa shape index (κ2) is 30.8. The van der Waals surface area contributed by atoms with Crippen molar-refractivity contribution in [1.29, 1.82) is 0 Å². The van der Waals surface area contributed by atoms with E-state index in [1.165, 1.54) is 32.1 Å². The van der Waals surface area contributed by atoms with Gasteiger partial charge >= 0.3 is 35.8 Å². The lowest BCUT2D eigenvalue weighted by atomic mass is 9.90. The van der Waals surface area contributed by atoms with Gasteiger partial charge in [0.2, 0.25) is 12.0 Å². The third-order valence-corrected chi connectivity index (χ3v) is 9.81. The lowest BCUT2D eigenvalue weighted by Gasteiger charge is -2.34. The molecule has 8 atom stereocenters. The quantitative estimate of drug-likeness (QED) is 0.0426. The van der Waals surface area contributed by atoms with Gasteiger partial charge in [-0.3, -0.25) is 38.4 Å². The average Bonchev–Trinajstić information content (AvgIpc) is 3.11. The zero-order valence-electron chi connectivity index (χ0n) is 36.4. The van der Waals surface area contributed by atoms with Crippen molar-refractivity contribution in [2.45, 2.75) is 177 Å². The van der Waals surface area contributed by atoms with Crippen LogP contribution in [0.2, 0.25) is 0 Å². The number of nitrogens with one attached hydrogen (secondary N) is 2. The van der Waals surface area contributed by atoms with Gasteiger partial charge in [-0.15, -0.1) is 0 Å². The minimum Gasteiger partial charge on any atom is -0.481 e. The highest BCUT2D eigenvalue weighted by Crippen LogP contribution is 2.24. The lowest BCUT2D eigenvalue weighted by molar-refractivity contribution is -0.203. The zero-order valence-corrected chi connectivity index (χ0v) is 36.4. The SMILES string of the molecule is CC(=O)OC[C@@H](OC(C)=O)[C@@H](OC(C)=O)[C@H](OC(C)=O)[C@@H](OC(C)=O)C(=O)NCCNC(=O)CCC(C)CCCC(C)CCCCC(C)CCCC(C)CCC(=O)O. The molecule has 0 aromatic carbocycles. The summed E-state index contributed by atoms with van der Waals surface area (Å²) in [6, 6.07) is 0. The molecule has 334 valence electrons. The van der Waals surface area contributed by atoms with Crippen molar-refractivity contribution < 1.29 is 67.1 Å². The number of hydrogen-bond donors (Lipinski definition) is 3. The molecule has 0 fully saturated rings. The highest BCUT2D eigenvalue weighted by atomic mass is 16.6. The first-order chi connectivity index (χ1) is 27.2. The Morgan fingerprint density at radius 3 is 1.34 bits per heavy atom. The molecular weight excluding hydrogens is 756 g/mol. The fraction of sp³-hybridized carbons (Fsp3) is 0.810. The van der Waals surface area contributed by atoms with Crippen molar-refractivity contribution in [3.63, 3.8) is 0 Å². The number of aliphatic carboxylic acids is 1. The van der Waals surface area contributed by atoms with Gasteiger partial charge in [-0.05, 0) is 36.5 Å². The molecule has 16 heteroatoms. The minimum atomic E-state index is -1.90. The first kappa shape index (κ1) is 53.8. The Bertz CT molecular complexity index is 1290. The number of unbranched alkanes of at least 4 members (excludes halogenated alkanes) is 1. The molecule has 0 saturated carbocycles. The molecule has 0 aliphatic carbocycles. The summed E-state index contributed by atoms with van der Waals surface area (Å²) in [5, 5.41) is 14.1. The second-order valence-electron chi connectivity index (χ2n) is 15.8. The van der Waals surface area contributed by atoms with E-state index in [2.05, 4.69) is 38.3 Å². The number of ether oxygens (including phenoxy) is 5. The molecule has 0 aliphatic heterocycles. The van der Waals surface area contributed by atoms with Crippen LogP contribution in [0.25, 0.3) is 0 Å². The topological polar surface area (TPSA) is 227 Å². The summed E-state index contributed by atoms with van der Waals surface area (Å²) in [4.78, 5) is 96.4. The smallest absolute Gasteiger partial charge is 0.303 e. The van der Waals surface area contributed by atoms with E-state index in [9.17, 15) is 38.4 Å². The van der Waals surface area contributed by atoms with Crippen molar-refractivity contribution in [2.75, 3.05) is 19.7 Å². The highest BCUT2D eigenvalue weighted by Gasteiger charge is 2.46. The van der Waals surface area contributed by atoms with Crippen LogP contribution in [0, 0.1) is 23.7 Å². The Hall–Kier alpha value is -4.24. The third-order valence-electron chi connectivity index (χ3n) is 9.81. The van der Waals surface area contributed by atoms with E-state index < -0.39 is 72.7 Å². The molecule has 0 spiro atoms. The van der Waals surface area contributed by atoms with Crippen LogP contribution in [0.15, 0.2) is 0 Å². The molecule has 0 saturated heterocycles. The Morgan fingerprint density at radius 2 is 0.897 bits per heavy atom. The molecule has 16 nitrogen and oxygen atoms in total. The molecule has 0 aromatic rings. The molecule has 0 bridgehead atoms. The van der Waals surface area contributed by atoms with E-state index in [1.54, 1.807) is 0 Å². The van der Waals surface area contributed by atoms with E-state index in [0.717, 1.165) is 73.1 Å². The van der Waals surface area contributed by atoms with Gasteiger partial charge in [0.15, 0.2) is 18.3 Å². The predicted octanol–water partition coefficient (Wildman–Crippen LogP) is 5.60. The maximum Gasteiger partial charge on any atom is 0.303 e. The maximum absolute atomic E-state index is 13.4. The van der Waals surface area contributed by atoms with Crippen LogP contribution in [-0.4, -0.2) is 96.8 Å². The molecule has 0 radical (unpaired) electrons. The molecule has 58 heavy (non-hydrogen) atoms. The van der Waals surface area contributed by atoms with Crippen molar-refractivity contribution in [3.05, 3.63) is 0 Å². The highest BCUT2D eigenvalue weighted by molar-refractivity contribution is 5.85. The van der Waals surface area contributed by atoms with Crippen LogP contribution in [0.3, 0.4) is 0 Å². The van der Waals surface area contributed by atoms with Crippen LogP contribution in [0.1, 0.15) is 152 Å². The van der Waals surface area contributed by atoms with E-state index in [0.29, 0.717) is 36.5 Å². The van der Waals surface area contributed by atoms with Gasteiger partial charge in [-0.25, -0.2) is 0 Å². The van der Waals surface area contributed by atoms with Crippen molar-refractivity contribution in [1.82, 2.24) is 10.6 Å². The van der Waals surface area contributed by atoms with Gasteiger partial charge in [-0.2, -0.15) is 0 Å². The molecule has 0 aliphatic rings. The number of amides is 2. The van der Waals surface area contributed by atoms with Crippen LogP contribution in [0.5, 0.6) is 0 Å². The fourth-order valence-corrected chi connectivity index (χ4v) is 6.61. The first-order valence-electron chi connectivity index (χ1n) is 20.8. The lowest BCUT2D eigenvalue weighted by Crippen LogP contribution is -2.57. The van der Waals surface area contributed by atoms with Gasteiger partial charge in [0.25, 0.3) is 5.91 Å². The third kappa shape index (κ3) is 28.2. The number of rotatable bonds is 32. The van der Waals surface area contributed by atoms with Gasteiger partial charge in [0.1, 0.15) is 6.61 Å². The Labute approximate surface area is 344 Å². The van der Waals surface area contributed by atoms with E-state index in [-0.39, 0.29) is 25.4 Å². The second-order valence-corrected chi connectivity index (χ2v) is 15.8. The number of carboxylic acid groups (broad SMARTS) is 1. The first-order valence-corrected chi connectivity index (χ1v) is 20.8. The summed E-state index contributed by atoms with van der Waals surface area (Å²) in [6.07, 6.45) is 6.53. The molecule has 3 N–H and O–H groups in total. The van der Waals surface area contributed by atoms with Crippen LogP contribution in [0.4, 0.5) is 0 Å². The number of carboxylic acids is 1. The van der Waals surface area contributed by atoms with Gasteiger partial charge < -0.3 is 39.4 Å². The number of carbonyl (C=O) groups excluding carboxylic acids is 7. The molecule has 4 unspecified atom stereocenters. The number of hydrogen-bond acceptors (Lipinski definition) is 13. The normalized spacial score (nSPS) is 15.2. The van der Waals surface area contributed by atoms with Gasteiger partial charge in [0.05, 0.1) is 0 Å². The fourth-order valence-electron chi connectivity index (χ4n) is 6.61. The van der Waals surface area contributed by atoms with Gasteiger partial charge in [-0.1, -0.05) is 91.9 Å². The molecule has 0 heterocycles. The van der Waals surface area contributed by atoms with E-state index in [4.69, 9.17) is 28.8 Å². The van der Waals surface area contributed by atoms with Crippen molar-refractivity contribution >= 4 is 47.6 Å². The van der Waals surface area contributed by atoms with Crippen LogP contribution >= 0.6 is 0 Å². The Morgan fingerprint density at radius 1 is 0.483 bits per heavy atom. The molecular formula is C42H72N2O14. The molecule has 2 amide bonds.